The van der Waals surface area contributed by atoms with Gasteiger partial charge in [0.2, 0.25) is 10.0 Å². The molecule has 0 heterocycles. The lowest BCUT2D eigenvalue weighted by atomic mass is 10.3. The lowest BCUT2D eigenvalue weighted by Crippen LogP contribution is -2.24. The highest BCUT2D eigenvalue weighted by molar-refractivity contribution is 7.89. The Morgan fingerprint density at radius 1 is 1.47 bits per heavy atom. The van der Waals surface area contributed by atoms with E-state index in [4.69, 9.17) is 17.3 Å². The molecular formula is C11H13ClN2O2S. The summed E-state index contributed by atoms with van der Waals surface area (Å²) in [5.74, 6) is 5.45. The summed E-state index contributed by atoms with van der Waals surface area (Å²) in [5, 5.41) is 0.110. The summed E-state index contributed by atoms with van der Waals surface area (Å²) >= 11 is 5.83. The zero-order valence-corrected chi connectivity index (χ0v) is 10.9. The predicted molar refractivity (Wildman–Crippen MR) is 69.1 cm³/mol. The first-order chi connectivity index (χ1) is 7.97. The average Bonchev–Trinajstić information content (AvgIpc) is 2.24. The van der Waals surface area contributed by atoms with Crippen molar-refractivity contribution in [2.24, 2.45) is 0 Å². The van der Waals surface area contributed by atoms with Crippen molar-refractivity contribution < 1.29 is 8.42 Å². The fourth-order valence-electron chi connectivity index (χ4n) is 1.19. The van der Waals surface area contributed by atoms with Gasteiger partial charge in [-0.05, 0) is 25.1 Å². The van der Waals surface area contributed by atoms with Crippen molar-refractivity contribution in [2.45, 2.75) is 18.2 Å². The molecule has 1 aromatic carbocycles. The van der Waals surface area contributed by atoms with E-state index < -0.39 is 10.0 Å². The molecule has 0 aliphatic heterocycles. The summed E-state index contributed by atoms with van der Waals surface area (Å²) in [7, 11) is -3.59. The molecule has 0 aromatic heterocycles. The molecule has 0 bridgehead atoms. The third kappa shape index (κ3) is 3.93. The molecule has 0 saturated heterocycles. The van der Waals surface area contributed by atoms with Crippen LogP contribution in [0.4, 0.5) is 5.69 Å². The molecule has 0 amide bonds. The van der Waals surface area contributed by atoms with Crippen LogP contribution >= 0.6 is 11.6 Å². The topological polar surface area (TPSA) is 72.2 Å². The second-order valence-corrected chi connectivity index (χ2v) is 5.41. The number of anilines is 1. The SMILES string of the molecule is CC#CCCNS(=O)(=O)c1ccc(N)cc1Cl. The Morgan fingerprint density at radius 2 is 2.18 bits per heavy atom. The van der Waals surface area contributed by atoms with E-state index in [2.05, 4.69) is 16.6 Å². The van der Waals surface area contributed by atoms with Crippen LogP contribution in [0.25, 0.3) is 0 Å². The summed E-state index contributed by atoms with van der Waals surface area (Å²) in [6.45, 7) is 1.95. The number of nitrogen functional groups attached to an aromatic ring is 1. The number of rotatable bonds is 4. The van der Waals surface area contributed by atoms with Gasteiger partial charge in [-0.25, -0.2) is 13.1 Å². The first-order valence-corrected chi connectivity index (χ1v) is 6.78. The summed E-state index contributed by atoms with van der Waals surface area (Å²) in [6, 6.07) is 4.28. The van der Waals surface area contributed by atoms with Gasteiger partial charge >= 0.3 is 0 Å². The molecule has 0 saturated carbocycles. The van der Waals surface area contributed by atoms with Gasteiger partial charge in [-0.1, -0.05) is 11.6 Å². The van der Waals surface area contributed by atoms with Crippen molar-refractivity contribution in [1.29, 1.82) is 0 Å². The number of hydrogen-bond donors (Lipinski definition) is 2. The summed E-state index contributed by atoms with van der Waals surface area (Å²) in [4.78, 5) is 0.0258. The van der Waals surface area contributed by atoms with E-state index in [1.165, 1.54) is 18.2 Å². The first-order valence-electron chi connectivity index (χ1n) is 4.91. The molecule has 0 aliphatic rings. The lowest BCUT2D eigenvalue weighted by Gasteiger charge is -2.07. The van der Waals surface area contributed by atoms with Crippen molar-refractivity contribution >= 4 is 27.3 Å². The van der Waals surface area contributed by atoms with Gasteiger partial charge in [-0.3, -0.25) is 0 Å². The third-order valence-corrected chi connectivity index (χ3v) is 3.91. The highest BCUT2D eigenvalue weighted by Gasteiger charge is 2.16. The molecule has 1 rings (SSSR count). The first kappa shape index (κ1) is 13.8. The molecule has 92 valence electrons. The van der Waals surface area contributed by atoms with Gasteiger partial charge in [0.15, 0.2) is 0 Å². The highest BCUT2D eigenvalue weighted by Crippen LogP contribution is 2.23. The number of nitrogens with one attached hydrogen (secondary N) is 1. The number of nitrogens with two attached hydrogens (primary N) is 1. The maximum Gasteiger partial charge on any atom is 0.242 e. The van der Waals surface area contributed by atoms with Crippen LogP contribution in [0.15, 0.2) is 23.1 Å². The van der Waals surface area contributed by atoms with Gasteiger partial charge in [0, 0.05) is 18.7 Å². The van der Waals surface area contributed by atoms with Crippen molar-refractivity contribution in [1.82, 2.24) is 4.72 Å². The van der Waals surface area contributed by atoms with Crippen LogP contribution in [0.1, 0.15) is 13.3 Å². The summed E-state index contributed by atoms with van der Waals surface area (Å²) < 4.78 is 26.1. The highest BCUT2D eigenvalue weighted by atomic mass is 35.5. The molecule has 4 nitrogen and oxygen atoms in total. The molecule has 0 aliphatic carbocycles. The zero-order chi connectivity index (χ0) is 12.9. The van der Waals surface area contributed by atoms with Crippen LogP contribution in [0.5, 0.6) is 0 Å². The third-order valence-electron chi connectivity index (χ3n) is 1.96. The largest absolute Gasteiger partial charge is 0.399 e. The van der Waals surface area contributed by atoms with Gasteiger partial charge in [-0.2, -0.15) is 0 Å². The molecular weight excluding hydrogens is 260 g/mol. The van der Waals surface area contributed by atoms with E-state index in [0.29, 0.717) is 12.1 Å². The fourth-order valence-corrected chi connectivity index (χ4v) is 2.77. The van der Waals surface area contributed by atoms with Crippen molar-refractivity contribution in [3.63, 3.8) is 0 Å². The van der Waals surface area contributed by atoms with E-state index in [9.17, 15) is 8.42 Å². The molecule has 1 aromatic rings. The summed E-state index contributed by atoms with van der Waals surface area (Å²) in [6.07, 6.45) is 0.461. The molecule has 0 radical (unpaired) electrons. The number of benzene rings is 1. The average molecular weight is 273 g/mol. The van der Waals surface area contributed by atoms with Gasteiger partial charge in [0.25, 0.3) is 0 Å². The van der Waals surface area contributed by atoms with E-state index in [-0.39, 0.29) is 16.5 Å². The second kappa shape index (κ2) is 5.92. The molecule has 3 N–H and O–H groups in total. The van der Waals surface area contributed by atoms with Crippen LogP contribution in [0.3, 0.4) is 0 Å². The van der Waals surface area contributed by atoms with E-state index in [1.807, 2.05) is 0 Å². The van der Waals surface area contributed by atoms with Gasteiger partial charge < -0.3 is 5.73 Å². The number of halogens is 1. The second-order valence-electron chi connectivity index (χ2n) is 3.26. The van der Waals surface area contributed by atoms with E-state index >= 15 is 0 Å². The minimum Gasteiger partial charge on any atom is -0.399 e. The monoisotopic (exact) mass is 272 g/mol. The predicted octanol–water partition coefficient (Wildman–Crippen LogP) is 1.61. The Bertz CT molecular complexity index is 559. The van der Waals surface area contributed by atoms with Crippen LogP contribution in [0.2, 0.25) is 5.02 Å². The maximum absolute atomic E-state index is 11.8. The van der Waals surface area contributed by atoms with Crippen LogP contribution < -0.4 is 10.5 Å². The standard InChI is InChI=1S/C11H13ClN2O2S/c1-2-3-4-7-14-17(15,16)11-6-5-9(13)8-10(11)12/h5-6,8,14H,4,7,13H2,1H3. The molecule has 6 heteroatoms. The fraction of sp³-hybridized carbons (Fsp3) is 0.273. The zero-order valence-electron chi connectivity index (χ0n) is 9.33. The molecule has 0 spiro atoms. The minimum absolute atomic E-state index is 0.0258. The normalized spacial score (nSPS) is 10.7. The Hall–Kier alpha value is -1.22. The summed E-state index contributed by atoms with van der Waals surface area (Å²) in [5.41, 5.74) is 5.91. The lowest BCUT2D eigenvalue weighted by molar-refractivity contribution is 0.582. The maximum atomic E-state index is 11.8. The minimum atomic E-state index is -3.59. The molecule has 17 heavy (non-hydrogen) atoms. The number of sulfonamides is 1. The Kier molecular flexibility index (Phi) is 4.82. The smallest absolute Gasteiger partial charge is 0.242 e. The number of hydrogen-bond acceptors (Lipinski definition) is 3. The van der Waals surface area contributed by atoms with E-state index in [1.54, 1.807) is 6.92 Å². The van der Waals surface area contributed by atoms with Gasteiger partial charge in [0.05, 0.1) is 5.02 Å². The van der Waals surface area contributed by atoms with Crippen LogP contribution in [-0.2, 0) is 10.0 Å². The van der Waals surface area contributed by atoms with E-state index in [0.717, 1.165) is 0 Å². The van der Waals surface area contributed by atoms with Crippen molar-refractivity contribution in [3.8, 4) is 11.8 Å². The van der Waals surface area contributed by atoms with Crippen LogP contribution in [-0.4, -0.2) is 15.0 Å². The Morgan fingerprint density at radius 3 is 2.76 bits per heavy atom. The Balaban J connectivity index is 2.85. The molecule has 0 unspecified atom stereocenters. The van der Waals surface area contributed by atoms with Crippen molar-refractivity contribution in [3.05, 3.63) is 23.2 Å². The van der Waals surface area contributed by atoms with Crippen molar-refractivity contribution in [2.75, 3.05) is 12.3 Å². The molecule has 0 atom stereocenters. The van der Waals surface area contributed by atoms with Crippen LogP contribution in [0, 0.1) is 11.8 Å². The van der Waals surface area contributed by atoms with Gasteiger partial charge in [-0.15, -0.1) is 11.8 Å². The van der Waals surface area contributed by atoms with Gasteiger partial charge in [0.1, 0.15) is 4.90 Å². The quantitative estimate of drug-likeness (QED) is 0.497. The Labute approximate surface area is 106 Å². The molecule has 0 fully saturated rings.